The summed E-state index contributed by atoms with van der Waals surface area (Å²) in [4.78, 5) is 5.04. The fourth-order valence-corrected chi connectivity index (χ4v) is 2.36. The Bertz CT molecular complexity index is 564. The van der Waals surface area contributed by atoms with Crippen molar-refractivity contribution in [2.75, 3.05) is 12.8 Å². The molecule has 0 aliphatic rings. The van der Waals surface area contributed by atoms with Gasteiger partial charge in [0.2, 0.25) is 0 Å². The predicted octanol–water partition coefficient (Wildman–Crippen LogP) is 3.15. The van der Waals surface area contributed by atoms with Gasteiger partial charge in [0.15, 0.2) is 16.7 Å². The molecule has 110 valence electrons. The number of aromatic nitrogens is 1. The van der Waals surface area contributed by atoms with Gasteiger partial charge >= 0.3 is 0 Å². The van der Waals surface area contributed by atoms with Crippen molar-refractivity contribution in [2.45, 2.75) is 19.5 Å². The Hall–Kier alpha value is -1.37. The van der Waals surface area contributed by atoms with Crippen LogP contribution in [0.3, 0.4) is 0 Å². The lowest BCUT2D eigenvalue weighted by atomic mass is 10.1. The monoisotopic (exact) mass is 317 g/mol. The van der Waals surface area contributed by atoms with Gasteiger partial charge in [-0.1, -0.05) is 6.07 Å². The number of thiazole rings is 1. The number of nitrogens with one attached hydrogen (secondary N) is 1. The van der Waals surface area contributed by atoms with Crippen molar-refractivity contribution in [3.8, 4) is 5.75 Å². The van der Waals surface area contributed by atoms with Crippen LogP contribution in [0.2, 0.25) is 0 Å². The number of anilines is 1. The minimum Gasteiger partial charge on any atom is -0.494 e. The van der Waals surface area contributed by atoms with Crippen LogP contribution >= 0.6 is 23.7 Å². The van der Waals surface area contributed by atoms with Gasteiger partial charge in [0.25, 0.3) is 0 Å². The van der Waals surface area contributed by atoms with E-state index in [1.165, 1.54) is 24.5 Å². The first-order valence-electron chi connectivity index (χ1n) is 5.87. The standard InChI is InChI=1S/C13H16FN3OS.ClH/c1-8(16-6-10-7-17-13(15)19-10)9-3-4-12(18-2)11(14)5-9;/h3-5,7-8,16H,6H2,1-2H3,(H2,15,17);1H. The third-order valence-corrected chi connectivity index (χ3v) is 3.66. The Labute approximate surface area is 127 Å². The lowest BCUT2D eigenvalue weighted by Crippen LogP contribution is -2.17. The van der Waals surface area contributed by atoms with E-state index in [-0.39, 0.29) is 30.0 Å². The van der Waals surface area contributed by atoms with E-state index in [2.05, 4.69) is 10.3 Å². The number of nitrogens with two attached hydrogens (primary N) is 1. The van der Waals surface area contributed by atoms with E-state index < -0.39 is 0 Å². The summed E-state index contributed by atoms with van der Waals surface area (Å²) >= 11 is 1.44. The molecule has 0 aliphatic carbocycles. The summed E-state index contributed by atoms with van der Waals surface area (Å²) in [6.07, 6.45) is 1.74. The van der Waals surface area contributed by atoms with Gasteiger partial charge < -0.3 is 15.8 Å². The van der Waals surface area contributed by atoms with Crippen LogP contribution in [0.4, 0.5) is 9.52 Å². The number of ether oxygens (including phenoxy) is 1. The summed E-state index contributed by atoms with van der Waals surface area (Å²) in [7, 11) is 1.45. The third-order valence-electron chi connectivity index (χ3n) is 2.83. The molecule has 2 aromatic rings. The molecule has 20 heavy (non-hydrogen) atoms. The zero-order valence-corrected chi connectivity index (χ0v) is 12.9. The highest BCUT2D eigenvalue weighted by atomic mass is 35.5. The van der Waals surface area contributed by atoms with Gasteiger partial charge in [-0.25, -0.2) is 9.37 Å². The van der Waals surface area contributed by atoms with E-state index in [1.807, 2.05) is 13.0 Å². The summed E-state index contributed by atoms with van der Waals surface area (Å²) in [5.41, 5.74) is 6.44. The number of methoxy groups -OCH3 is 1. The van der Waals surface area contributed by atoms with Crippen LogP contribution in [0.1, 0.15) is 23.4 Å². The Morgan fingerprint density at radius 3 is 2.80 bits per heavy atom. The molecule has 7 heteroatoms. The van der Waals surface area contributed by atoms with Crippen molar-refractivity contribution in [3.05, 3.63) is 40.7 Å². The maximum Gasteiger partial charge on any atom is 0.180 e. The number of benzene rings is 1. The van der Waals surface area contributed by atoms with Crippen molar-refractivity contribution in [3.63, 3.8) is 0 Å². The smallest absolute Gasteiger partial charge is 0.180 e. The molecular weight excluding hydrogens is 301 g/mol. The lowest BCUT2D eigenvalue weighted by molar-refractivity contribution is 0.385. The highest BCUT2D eigenvalue weighted by molar-refractivity contribution is 7.15. The first-order valence-corrected chi connectivity index (χ1v) is 6.69. The minimum atomic E-state index is -0.351. The zero-order valence-electron chi connectivity index (χ0n) is 11.2. The van der Waals surface area contributed by atoms with Crippen molar-refractivity contribution in [1.29, 1.82) is 0 Å². The third kappa shape index (κ3) is 4.06. The van der Waals surface area contributed by atoms with E-state index in [9.17, 15) is 4.39 Å². The number of nitrogens with zero attached hydrogens (tertiary/aromatic N) is 1. The molecule has 0 fully saturated rings. The normalized spacial score (nSPS) is 11.8. The quantitative estimate of drug-likeness (QED) is 0.889. The van der Waals surface area contributed by atoms with E-state index in [0.29, 0.717) is 11.7 Å². The second-order valence-electron chi connectivity index (χ2n) is 4.16. The summed E-state index contributed by atoms with van der Waals surface area (Å²) in [5, 5.41) is 3.86. The van der Waals surface area contributed by atoms with Gasteiger partial charge in [0.1, 0.15) is 0 Å². The van der Waals surface area contributed by atoms with Gasteiger partial charge in [-0.2, -0.15) is 0 Å². The van der Waals surface area contributed by atoms with Crippen molar-refractivity contribution >= 4 is 28.9 Å². The molecule has 1 atom stereocenters. The maximum absolute atomic E-state index is 13.6. The Morgan fingerprint density at radius 2 is 2.25 bits per heavy atom. The molecule has 0 radical (unpaired) electrons. The SMILES string of the molecule is COc1ccc(C(C)NCc2cnc(N)s2)cc1F.Cl. The van der Waals surface area contributed by atoms with Crippen LogP contribution < -0.4 is 15.8 Å². The first kappa shape index (κ1) is 16.7. The molecule has 0 spiro atoms. The van der Waals surface area contributed by atoms with Crippen LogP contribution in [0, 0.1) is 5.82 Å². The molecular formula is C13H17ClFN3OS. The van der Waals surface area contributed by atoms with Crippen LogP contribution in [0.25, 0.3) is 0 Å². The lowest BCUT2D eigenvalue weighted by Gasteiger charge is -2.14. The van der Waals surface area contributed by atoms with Gasteiger partial charge in [-0.3, -0.25) is 0 Å². The molecule has 3 N–H and O–H groups in total. The molecule has 0 bridgehead atoms. The second kappa shape index (κ2) is 7.42. The van der Waals surface area contributed by atoms with Crippen molar-refractivity contribution in [1.82, 2.24) is 10.3 Å². The Kier molecular flexibility index (Phi) is 6.19. The number of halogens is 2. The molecule has 0 saturated heterocycles. The number of hydrogen-bond donors (Lipinski definition) is 2. The average molecular weight is 318 g/mol. The van der Waals surface area contributed by atoms with Crippen LogP contribution in [-0.2, 0) is 6.54 Å². The van der Waals surface area contributed by atoms with Gasteiger partial charge in [-0.15, -0.1) is 23.7 Å². The molecule has 1 heterocycles. The Balaban J connectivity index is 0.00000200. The zero-order chi connectivity index (χ0) is 13.8. The van der Waals surface area contributed by atoms with E-state index in [1.54, 1.807) is 12.3 Å². The van der Waals surface area contributed by atoms with E-state index in [0.717, 1.165) is 10.4 Å². The van der Waals surface area contributed by atoms with Gasteiger partial charge in [-0.05, 0) is 24.6 Å². The largest absolute Gasteiger partial charge is 0.494 e. The molecule has 1 aromatic heterocycles. The highest BCUT2D eigenvalue weighted by Gasteiger charge is 2.09. The summed E-state index contributed by atoms with van der Waals surface area (Å²) in [5.74, 6) is -0.0955. The number of hydrogen-bond acceptors (Lipinski definition) is 5. The fraction of sp³-hybridized carbons (Fsp3) is 0.308. The Morgan fingerprint density at radius 1 is 1.50 bits per heavy atom. The molecule has 0 saturated carbocycles. The first-order chi connectivity index (χ1) is 9.10. The summed E-state index contributed by atoms with van der Waals surface area (Å²) in [6, 6.07) is 5.00. The van der Waals surface area contributed by atoms with E-state index >= 15 is 0 Å². The topological polar surface area (TPSA) is 60.2 Å². The van der Waals surface area contributed by atoms with Gasteiger partial charge in [0.05, 0.1) is 7.11 Å². The highest BCUT2D eigenvalue weighted by Crippen LogP contribution is 2.22. The second-order valence-corrected chi connectivity index (χ2v) is 5.31. The van der Waals surface area contributed by atoms with E-state index in [4.69, 9.17) is 10.5 Å². The van der Waals surface area contributed by atoms with Gasteiger partial charge in [0, 0.05) is 23.7 Å². The van der Waals surface area contributed by atoms with Crippen LogP contribution in [-0.4, -0.2) is 12.1 Å². The molecule has 1 unspecified atom stereocenters. The predicted molar refractivity (Wildman–Crippen MR) is 82.0 cm³/mol. The molecule has 0 amide bonds. The van der Waals surface area contributed by atoms with Crippen molar-refractivity contribution < 1.29 is 9.13 Å². The summed E-state index contributed by atoms with van der Waals surface area (Å²) in [6.45, 7) is 2.63. The molecule has 4 nitrogen and oxygen atoms in total. The average Bonchev–Trinajstić information content (AvgIpc) is 2.81. The van der Waals surface area contributed by atoms with Crippen LogP contribution in [0.5, 0.6) is 5.75 Å². The molecule has 2 rings (SSSR count). The molecule has 0 aliphatic heterocycles. The number of nitrogen functional groups attached to an aromatic ring is 1. The van der Waals surface area contributed by atoms with Crippen LogP contribution in [0.15, 0.2) is 24.4 Å². The minimum absolute atomic E-state index is 0. The van der Waals surface area contributed by atoms with Crippen molar-refractivity contribution in [2.24, 2.45) is 0 Å². The fourth-order valence-electron chi connectivity index (χ4n) is 1.73. The molecule has 1 aromatic carbocycles. The number of rotatable bonds is 5. The summed E-state index contributed by atoms with van der Waals surface area (Å²) < 4.78 is 18.5. The maximum atomic E-state index is 13.6.